The zero-order valence-electron chi connectivity index (χ0n) is 14.0. The van der Waals surface area contributed by atoms with Crippen molar-refractivity contribution in [3.05, 3.63) is 53.9 Å². The summed E-state index contributed by atoms with van der Waals surface area (Å²) in [6.07, 6.45) is 2.41. The molecule has 3 aromatic heterocycles. The predicted octanol–water partition coefficient (Wildman–Crippen LogP) is 6.25. The molecule has 0 spiro atoms. The van der Waals surface area contributed by atoms with E-state index in [1.54, 1.807) is 23.1 Å². The van der Waals surface area contributed by atoms with Crippen molar-refractivity contribution in [2.24, 2.45) is 0 Å². The highest BCUT2D eigenvalue weighted by atomic mass is 32.2. The lowest BCUT2D eigenvalue weighted by Crippen LogP contribution is -1.85. The normalized spacial score (nSPS) is 11.2. The van der Waals surface area contributed by atoms with Crippen molar-refractivity contribution in [1.82, 2.24) is 15.0 Å². The number of imidazole rings is 1. The topological polar surface area (TPSA) is 41.6 Å². The highest BCUT2D eigenvalue weighted by Crippen LogP contribution is 2.36. The maximum Gasteiger partial charge on any atom is 0.167 e. The quantitative estimate of drug-likeness (QED) is 0.324. The second kappa shape index (κ2) is 7.42. The second-order valence-corrected chi connectivity index (χ2v) is 7.84. The molecule has 4 aromatic rings. The lowest BCUT2D eigenvalue weighted by atomic mass is 10.1. The Morgan fingerprint density at radius 1 is 1.04 bits per heavy atom. The van der Waals surface area contributed by atoms with Crippen LogP contribution in [0.3, 0.4) is 0 Å². The summed E-state index contributed by atoms with van der Waals surface area (Å²) >= 11 is 3.50. The SMILES string of the molecule is CCCCSc1nc2ccc(-c3sccc3-c3ccccc3)nc2[nH]1. The number of H-pyrrole nitrogens is 1. The number of rotatable bonds is 6. The van der Waals surface area contributed by atoms with Crippen molar-refractivity contribution < 1.29 is 0 Å². The van der Waals surface area contributed by atoms with Crippen molar-refractivity contribution in [3.8, 4) is 21.7 Å². The average molecular weight is 366 g/mol. The third kappa shape index (κ3) is 3.48. The van der Waals surface area contributed by atoms with Gasteiger partial charge in [-0.2, -0.15) is 0 Å². The first-order chi connectivity index (χ1) is 12.3. The second-order valence-electron chi connectivity index (χ2n) is 5.84. The molecule has 4 rings (SSSR count). The number of benzene rings is 1. The molecule has 1 aromatic carbocycles. The van der Waals surface area contributed by atoms with E-state index in [1.165, 1.54) is 28.8 Å². The summed E-state index contributed by atoms with van der Waals surface area (Å²) in [5.41, 5.74) is 5.25. The average Bonchev–Trinajstić information content (AvgIpc) is 3.28. The van der Waals surface area contributed by atoms with E-state index in [0.717, 1.165) is 27.8 Å². The zero-order chi connectivity index (χ0) is 17.1. The molecule has 0 fully saturated rings. The number of fused-ring (bicyclic) bond motifs is 1. The largest absolute Gasteiger partial charge is 0.318 e. The Morgan fingerprint density at radius 3 is 2.76 bits per heavy atom. The molecule has 0 aliphatic carbocycles. The van der Waals surface area contributed by atoms with Crippen LogP contribution in [0.4, 0.5) is 0 Å². The van der Waals surface area contributed by atoms with Crippen molar-refractivity contribution in [2.75, 3.05) is 5.75 Å². The summed E-state index contributed by atoms with van der Waals surface area (Å²) in [6, 6.07) is 16.8. The number of aromatic nitrogens is 3. The maximum atomic E-state index is 4.83. The van der Waals surface area contributed by atoms with Crippen molar-refractivity contribution in [2.45, 2.75) is 24.9 Å². The number of pyridine rings is 1. The van der Waals surface area contributed by atoms with Gasteiger partial charge in [-0.25, -0.2) is 9.97 Å². The zero-order valence-corrected chi connectivity index (χ0v) is 15.7. The number of aromatic amines is 1. The van der Waals surface area contributed by atoms with E-state index in [1.807, 2.05) is 6.07 Å². The molecule has 3 heterocycles. The Bertz CT molecular complexity index is 973. The van der Waals surface area contributed by atoms with Crippen molar-refractivity contribution in [3.63, 3.8) is 0 Å². The molecule has 0 aliphatic heterocycles. The minimum atomic E-state index is 0.865. The number of hydrogen-bond donors (Lipinski definition) is 1. The third-order valence-corrected chi connectivity index (χ3v) is 5.94. The predicted molar refractivity (Wildman–Crippen MR) is 108 cm³/mol. The molecule has 1 N–H and O–H groups in total. The molecular weight excluding hydrogens is 346 g/mol. The Kier molecular flexibility index (Phi) is 4.85. The van der Waals surface area contributed by atoms with Gasteiger partial charge in [0, 0.05) is 11.3 Å². The molecule has 0 amide bonds. The van der Waals surface area contributed by atoms with Crippen molar-refractivity contribution >= 4 is 34.3 Å². The van der Waals surface area contributed by atoms with E-state index in [-0.39, 0.29) is 0 Å². The molecule has 3 nitrogen and oxygen atoms in total. The van der Waals surface area contributed by atoms with Gasteiger partial charge < -0.3 is 4.98 Å². The van der Waals surface area contributed by atoms with Gasteiger partial charge in [0.15, 0.2) is 10.8 Å². The van der Waals surface area contributed by atoms with Crippen LogP contribution < -0.4 is 0 Å². The number of hydrogen-bond acceptors (Lipinski definition) is 4. The molecule has 0 bridgehead atoms. The van der Waals surface area contributed by atoms with E-state index < -0.39 is 0 Å². The third-order valence-electron chi connectivity index (χ3n) is 4.04. The first-order valence-corrected chi connectivity index (χ1v) is 10.3. The van der Waals surface area contributed by atoms with Crippen LogP contribution >= 0.6 is 23.1 Å². The Hall–Kier alpha value is -2.11. The summed E-state index contributed by atoms with van der Waals surface area (Å²) in [5, 5.41) is 3.09. The molecule has 25 heavy (non-hydrogen) atoms. The fourth-order valence-electron chi connectivity index (χ4n) is 2.73. The summed E-state index contributed by atoms with van der Waals surface area (Å²) < 4.78 is 0. The van der Waals surface area contributed by atoms with Crippen LogP contribution in [0.15, 0.2) is 59.1 Å². The van der Waals surface area contributed by atoms with E-state index in [2.05, 4.69) is 64.7 Å². The maximum absolute atomic E-state index is 4.83. The highest BCUT2D eigenvalue weighted by Gasteiger charge is 2.12. The van der Waals surface area contributed by atoms with Gasteiger partial charge in [0.2, 0.25) is 0 Å². The van der Waals surface area contributed by atoms with E-state index >= 15 is 0 Å². The molecule has 0 radical (unpaired) electrons. The van der Waals surface area contributed by atoms with Crippen LogP contribution in [0.2, 0.25) is 0 Å². The number of thiophene rings is 1. The molecule has 0 aliphatic rings. The van der Waals surface area contributed by atoms with Gasteiger partial charge in [-0.3, -0.25) is 0 Å². The molecule has 0 unspecified atom stereocenters. The van der Waals surface area contributed by atoms with Crippen LogP contribution in [-0.4, -0.2) is 20.7 Å². The first-order valence-electron chi connectivity index (χ1n) is 8.48. The van der Waals surface area contributed by atoms with Gasteiger partial charge in [-0.05, 0) is 35.6 Å². The summed E-state index contributed by atoms with van der Waals surface area (Å²) in [4.78, 5) is 14.0. The fraction of sp³-hybridized carbons (Fsp3) is 0.200. The smallest absolute Gasteiger partial charge is 0.167 e. The lowest BCUT2D eigenvalue weighted by Gasteiger charge is -2.03. The van der Waals surface area contributed by atoms with Crippen LogP contribution in [0.25, 0.3) is 32.9 Å². The number of nitrogens with zero attached hydrogens (tertiary/aromatic N) is 2. The lowest BCUT2D eigenvalue weighted by molar-refractivity contribution is 0.893. The summed E-state index contributed by atoms with van der Waals surface area (Å²) in [5.74, 6) is 1.09. The van der Waals surface area contributed by atoms with Gasteiger partial charge in [0.1, 0.15) is 5.52 Å². The van der Waals surface area contributed by atoms with Gasteiger partial charge in [0.05, 0.1) is 10.6 Å². The molecule has 0 saturated carbocycles. The first kappa shape index (κ1) is 16.4. The molecule has 126 valence electrons. The number of thioether (sulfide) groups is 1. The van der Waals surface area contributed by atoms with E-state index in [4.69, 9.17) is 4.98 Å². The molecule has 5 heteroatoms. The summed E-state index contributed by atoms with van der Waals surface area (Å²) in [7, 11) is 0. The van der Waals surface area contributed by atoms with Gasteiger partial charge >= 0.3 is 0 Å². The molecule has 0 atom stereocenters. The van der Waals surface area contributed by atoms with Crippen molar-refractivity contribution in [1.29, 1.82) is 0 Å². The van der Waals surface area contributed by atoms with E-state index in [9.17, 15) is 0 Å². The van der Waals surface area contributed by atoms with Crippen LogP contribution in [0.1, 0.15) is 19.8 Å². The molecular formula is C20H19N3S2. The molecule has 0 saturated heterocycles. The minimum absolute atomic E-state index is 0.865. The minimum Gasteiger partial charge on any atom is -0.318 e. The van der Waals surface area contributed by atoms with Gasteiger partial charge in [-0.15, -0.1) is 11.3 Å². The Morgan fingerprint density at radius 2 is 1.92 bits per heavy atom. The van der Waals surface area contributed by atoms with Gasteiger partial charge in [0.25, 0.3) is 0 Å². The monoisotopic (exact) mass is 365 g/mol. The Labute approximate surface area is 155 Å². The van der Waals surface area contributed by atoms with Crippen LogP contribution in [0.5, 0.6) is 0 Å². The standard InChI is InChI=1S/C20H19N3S2/c1-2-3-12-25-20-22-17-10-9-16(21-19(17)23-20)18-15(11-13-24-18)14-7-5-4-6-8-14/h4-11,13H,2-3,12H2,1H3,(H,21,22,23). The Balaban J connectivity index is 1.68. The van der Waals surface area contributed by atoms with Gasteiger partial charge in [-0.1, -0.05) is 55.4 Å². The highest BCUT2D eigenvalue weighted by molar-refractivity contribution is 7.99. The number of nitrogens with one attached hydrogen (secondary N) is 1. The van der Waals surface area contributed by atoms with E-state index in [0.29, 0.717) is 0 Å². The fourth-order valence-corrected chi connectivity index (χ4v) is 4.58. The van der Waals surface area contributed by atoms with Crippen LogP contribution in [-0.2, 0) is 0 Å². The van der Waals surface area contributed by atoms with Crippen LogP contribution in [0, 0.1) is 0 Å². The summed E-state index contributed by atoms with van der Waals surface area (Å²) in [6.45, 7) is 2.21. The number of unbranched alkanes of at least 4 members (excludes halogenated alkanes) is 1.